The monoisotopic (exact) mass is 488 g/mol. The normalized spacial score (nSPS) is 21.2. The molecule has 1 aliphatic rings. The van der Waals surface area contributed by atoms with Gasteiger partial charge in [-0.1, -0.05) is 25.4 Å². The van der Waals surface area contributed by atoms with Crippen molar-refractivity contribution in [1.29, 1.82) is 0 Å². The molecule has 174 valence electrons. The third-order valence-electron chi connectivity index (χ3n) is 5.94. The molecule has 4 rings (SSSR count). The van der Waals surface area contributed by atoms with Crippen molar-refractivity contribution < 1.29 is 15.0 Å². The van der Waals surface area contributed by atoms with Crippen LogP contribution in [0.25, 0.3) is 11.2 Å². The predicted octanol–water partition coefficient (Wildman–Crippen LogP) is 2.39. The van der Waals surface area contributed by atoms with Gasteiger partial charge in [0.25, 0.3) is 0 Å². The lowest BCUT2D eigenvalue weighted by molar-refractivity contribution is -0.139. The molecule has 11 heteroatoms. The lowest BCUT2D eigenvalue weighted by Gasteiger charge is -2.27. The molecular weight excluding hydrogens is 464 g/mol. The van der Waals surface area contributed by atoms with Crippen molar-refractivity contribution in [3.8, 4) is 11.8 Å². The van der Waals surface area contributed by atoms with Gasteiger partial charge < -0.3 is 20.8 Å². The number of hydrogen-bond acceptors (Lipinski definition) is 8. The first kappa shape index (κ1) is 23.4. The zero-order valence-electron chi connectivity index (χ0n) is 18.5. The molecule has 1 fully saturated rings. The van der Waals surface area contributed by atoms with Crippen LogP contribution in [0.4, 0.5) is 5.82 Å². The van der Waals surface area contributed by atoms with E-state index in [1.807, 2.05) is 19.9 Å². The minimum absolute atomic E-state index is 0.0626. The molecule has 3 aromatic rings. The number of anilines is 1. The van der Waals surface area contributed by atoms with Gasteiger partial charge in [-0.3, -0.25) is 9.36 Å². The Morgan fingerprint density at radius 3 is 2.76 bits per heavy atom. The lowest BCUT2D eigenvalue weighted by Crippen LogP contribution is -2.43. The van der Waals surface area contributed by atoms with E-state index in [0.717, 1.165) is 11.3 Å². The maximum Gasteiger partial charge on any atom is 0.229 e. The van der Waals surface area contributed by atoms with Gasteiger partial charge in [0.15, 0.2) is 23.2 Å². The van der Waals surface area contributed by atoms with Crippen LogP contribution in [0.2, 0.25) is 4.34 Å². The van der Waals surface area contributed by atoms with Gasteiger partial charge in [0, 0.05) is 13.6 Å². The van der Waals surface area contributed by atoms with E-state index in [9.17, 15) is 15.0 Å². The number of aliphatic hydroxyl groups is 2. The summed E-state index contributed by atoms with van der Waals surface area (Å²) in [5.41, 5.74) is -0.302. The van der Waals surface area contributed by atoms with Crippen LogP contribution < -0.4 is 10.6 Å². The highest BCUT2D eigenvalue weighted by Gasteiger charge is 2.63. The predicted molar refractivity (Wildman–Crippen MR) is 127 cm³/mol. The molecule has 9 nitrogen and oxygen atoms in total. The molecule has 2 unspecified atom stereocenters. The fraction of sp³-hybridized carbons (Fsp3) is 0.455. The van der Waals surface area contributed by atoms with Crippen molar-refractivity contribution in [2.45, 2.75) is 39.0 Å². The summed E-state index contributed by atoms with van der Waals surface area (Å²) >= 11 is 7.33. The molecule has 0 aliphatic heterocycles. The van der Waals surface area contributed by atoms with Gasteiger partial charge in [0.1, 0.15) is 6.10 Å². The summed E-state index contributed by atoms with van der Waals surface area (Å²) in [5.74, 6) is 6.28. The Morgan fingerprint density at radius 2 is 2.15 bits per heavy atom. The van der Waals surface area contributed by atoms with Crippen LogP contribution in [0.15, 0.2) is 18.5 Å². The Balaban J connectivity index is 1.75. The number of carbonyl (C=O) groups is 1. The Morgan fingerprint density at radius 1 is 1.39 bits per heavy atom. The van der Waals surface area contributed by atoms with E-state index in [-0.39, 0.29) is 17.6 Å². The molecule has 4 N–H and O–H groups in total. The van der Waals surface area contributed by atoms with E-state index in [0.29, 0.717) is 34.3 Å². The summed E-state index contributed by atoms with van der Waals surface area (Å²) in [6.07, 6.45) is -0.0200. The van der Waals surface area contributed by atoms with Gasteiger partial charge in [-0.25, -0.2) is 15.0 Å². The number of fused-ring (bicyclic) bond motifs is 1. The van der Waals surface area contributed by atoms with E-state index in [1.54, 1.807) is 6.07 Å². The second-order valence-corrected chi connectivity index (χ2v) is 9.80. The summed E-state index contributed by atoms with van der Waals surface area (Å²) in [6.45, 7) is 4.56. The summed E-state index contributed by atoms with van der Waals surface area (Å²) in [6, 6.07) is 3.58. The first-order valence-corrected chi connectivity index (χ1v) is 11.8. The number of thiophene rings is 1. The Labute approximate surface area is 200 Å². The zero-order valence-corrected chi connectivity index (χ0v) is 20.0. The summed E-state index contributed by atoms with van der Waals surface area (Å²) < 4.78 is 2.00. The van der Waals surface area contributed by atoms with Gasteiger partial charge >= 0.3 is 0 Å². The first-order valence-electron chi connectivity index (χ1n) is 10.7. The average Bonchev–Trinajstić information content (AvgIpc) is 3.12. The molecule has 1 amide bonds. The molecule has 1 saturated carbocycles. The Hall–Kier alpha value is -2.71. The van der Waals surface area contributed by atoms with Crippen LogP contribution in [0.1, 0.15) is 43.6 Å². The largest absolute Gasteiger partial charge is 0.387 e. The molecular formula is C22H25ClN6O3S. The van der Waals surface area contributed by atoms with Crippen molar-refractivity contribution in [3.63, 3.8) is 0 Å². The van der Waals surface area contributed by atoms with E-state index in [2.05, 4.69) is 37.4 Å². The highest BCUT2D eigenvalue weighted by atomic mass is 35.5. The number of rotatable bonds is 7. The van der Waals surface area contributed by atoms with Gasteiger partial charge in [0.2, 0.25) is 11.7 Å². The lowest BCUT2D eigenvalue weighted by atomic mass is 9.93. The average molecular weight is 489 g/mol. The van der Waals surface area contributed by atoms with E-state index >= 15 is 0 Å². The number of aromatic nitrogens is 4. The van der Waals surface area contributed by atoms with Crippen molar-refractivity contribution in [1.82, 2.24) is 24.8 Å². The van der Waals surface area contributed by atoms with Crippen molar-refractivity contribution >= 4 is 45.8 Å². The smallest absolute Gasteiger partial charge is 0.229 e. The summed E-state index contributed by atoms with van der Waals surface area (Å²) in [5, 5.41) is 27.8. The van der Waals surface area contributed by atoms with Crippen molar-refractivity contribution in [3.05, 3.63) is 33.5 Å². The molecule has 4 atom stereocenters. The first-order chi connectivity index (χ1) is 15.8. The van der Waals surface area contributed by atoms with Gasteiger partial charge in [-0.05, 0) is 42.7 Å². The van der Waals surface area contributed by atoms with Crippen LogP contribution in [0.3, 0.4) is 0 Å². The zero-order chi connectivity index (χ0) is 23.8. The molecule has 0 radical (unpaired) electrons. The molecule has 3 aromatic heterocycles. The van der Waals surface area contributed by atoms with E-state index in [4.69, 9.17) is 11.6 Å². The summed E-state index contributed by atoms with van der Waals surface area (Å²) in [7, 11) is 1.52. The van der Waals surface area contributed by atoms with Gasteiger partial charge in [0.05, 0.1) is 21.0 Å². The molecule has 0 saturated heterocycles. The molecule has 33 heavy (non-hydrogen) atoms. The number of nitrogens with zero attached hydrogens (tertiary/aromatic N) is 4. The number of carbonyl (C=O) groups excluding carboxylic acids is 1. The highest BCUT2D eigenvalue weighted by molar-refractivity contribution is 7.16. The van der Waals surface area contributed by atoms with Crippen molar-refractivity contribution in [2.75, 3.05) is 18.9 Å². The van der Waals surface area contributed by atoms with Crippen LogP contribution in [0, 0.1) is 23.2 Å². The Kier molecular flexibility index (Phi) is 6.59. The van der Waals surface area contributed by atoms with Crippen molar-refractivity contribution in [2.24, 2.45) is 11.3 Å². The number of hydrogen-bond donors (Lipinski definition) is 4. The highest BCUT2D eigenvalue weighted by Crippen LogP contribution is 2.57. The van der Waals surface area contributed by atoms with E-state index in [1.165, 1.54) is 29.3 Å². The molecule has 0 aromatic carbocycles. The third kappa shape index (κ3) is 4.29. The van der Waals surface area contributed by atoms with Gasteiger partial charge in [-0.15, -0.1) is 11.3 Å². The summed E-state index contributed by atoms with van der Waals surface area (Å²) in [4.78, 5) is 26.6. The van der Waals surface area contributed by atoms with Crippen LogP contribution in [0.5, 0.6) is 0 Å². The topological polar surface area (TPSA) is 125 Å². The fourth-order valence-corrected chi connectivity index (χ4v) is 4.89. The quantitative estimate of drug-likeness (QED) is 0.376. The number of imidazole rings is 1. The maximum absolute atomic E-state index is 12.5. The minimum atomic E-state index is -1.43. The molecule has 0 bridgehead atoms. The number of amides is 1. The molecule has 3 heterocycles. The van der Waals surface area contributed by atoms with E-state index < -0.39 is 17.7 Å². The maximum atomic E-state index is 12.5. The standard InChI is InChI=1S/C22H25ClN6O3S/c1-4-9-25-18-16-19(28-15(27-18)8-6-13-5-7-14(23)33-13)29(11-26-16)20(31)17(30)22(10-12(22)2)21(32)24-3/h5,7,11-12,17,20,30-31H,4,9-10H2,1-3H3,(H,24,32)(H,25,27,28)/t12?,17-,20+,22?/m0/s1. The van der Waals surface area contributed by atoms with Crippen LogP contribution in [-0.2, 0) is 4.79 Å². The second kappa shape index (κ2) is 9.27. The number of aliphatic hydroxyl groups excluding tert-OH is 2. The minimum Gasteiger partial charge on any atom is -0.387 e. The molecule has 0 spiro atoms. The third-order valence-corrected chi connectivity index (χ3v) is 7.09. The molecule has 1 aliphatic carbocycles. The van der Waals surface area contributed by atoms with Crippen LogP contribution in [-0.4, -0.2) is 55.3 Å². The fourth-order valence-electron chi connectivity index (χ4n) is 3.99. The SMILES string of the molecule is CCCNc1nc(C#Cc2ccc(Cl)s2)nc2c1ncn2[C@H](O)[C@H](O)C1(C(=O)NC)CC1C. The second-order valence-electron chi connectivity index (χ2n) is 8.08. The Bertz CT molecular complexity index is 1250. The number of nitrogens with one attached hydrogen (secondary N) is 2. The van der Waals surface area contributed by atoms with Gasteiger partial charge in [-0.2, -0.15) is 0 Å². The number of halogens is 1. The van der Waals surface area contributed by atoms with Crippen LogP contribution >= 0.6 is 22.9 Å².